The number of carbonyl (C=O) groups is 1. The Labute approximate surface area is 123 Å². The van der Waals surface area contributed by atoms with Crippen LogP contribution < -0.4 is 0 Å². The second kappa shape index (κ2) is 6.90. The lowest BCUT2D eigenvalue weighted by Gasteiger charge is -2.40. The third-order valence-electron chi connectivity index (χ3n) is 5.13. The first-order valence-corrected chi connectivity index (χ1v) is 8.39. The van der Waals surface area contributed by atoms with Gasteiger partial charge in [-0.25, -0.2) is 0 Å². The molecule has 1 radical (unpaired) electrons. The van der Waals surface area contributed by atoms with Crippen LogP contribution in [0, 0.1) is 6.42 Å². The second-order valence-electron chi connectivity index (χ2n) is 6.52. The Morgan fingerprint density at radius 3 is 2.40 bits per heavy atom. The number of hydrogen-bond acceptors (Lipinski definition) is 3. The Bertz CT molecular complexity index is 314. The van der Waals surface area contributed by atoms with Gasteiger partial charge < -0.3 is 9.80 Å². The van der Waals surface area contributed by atoms with Crippen LogP contribution in [0.2, 0.25) is 0 Å². The molecule has 3 heterocycles. The summed E-state index contributed by atoms with van der Waals surface area (Å²) in [4.78, 5) is 19.2. The average Bonchev–Trinajstić information content (AvgIpc) is 3.03. The highest BCUT2D eigenvalue weighted by molar-refractivity contribution is 5.78. The predicted molar refractivity (Wildman–Crippen MR) is 80.4 cm³/mol. The molecule has 1 amide bonds. The molecule has 0 saturated carbocycles. The minimum absolute atomic E-state index is 0.329. The summed E-state index contributed by atoms with van der Waals surface area (Å²) in [6.45, 7) is 7.24. The Hall–Kier alpha value is -0.610. The molecule has 4 nitrogen and oxygen atoms in total. The van der Waals surface area contributed by atoms with Crippen LogP contribution in [0.15, 0.2) is 0 Å². The van der Waals surface area contributed by atoms with Crippen molar-refractivity contribution >= 4 is 5.91 Å². The van der Waals surface area contributed by atoms with Gasteiger partial charge in [0.05, 0.1) is 6.54 Å². The monoisotopic (exact) mass is 278 g/mol. The maximum atomic E-state index is 12.2. The molecule has 0 aromatic carbocycles. The van der Waals surface area contributed by atoms with Crippen LogP contribution in [-0.4, -0.2) is 72.5 Å². The summed E-state index contributed by atoms with van der Waals surface area (Å²) < 4.78 is 0. The number of hydrogen-bond donors (Lipinski definition) is 0. The number of piperidine rings is 2. The number of rotatable bonds is 3. The normalized spacial score (nSPS) is 27.1. The van der Waals surface area contributed by atoms with E-state index in [2.05, 4.69) is 16.2 Å². The van der Waals surface area contributed by atoms with Gasteiger partial charge in [-0.05, 0) is 51.6 Å². The van der Waals surface area contributed by atoms with E-state index in [1.807, 2.05) is 4.90 Å². The summed E-state index contributed by atoms with van der Waals surface area (Å²) in [7, 11) is 0. The number of amides is 1. The molecule has 0 aromatic heterocycles. The lowest BCUT2D eigenvalue weighted by molar-refractivity contribution is -0.131. The average molecular weight is 278 g/mol. The van der Waals surface area contributed by atoms with Gasteiger partial charge in [0.2, 0.25) is 5.91 Å². The smallest absolute Gasteiger partial charge is 0.236 e. The summed E-state index contributed by atoms with van der Waals surface area (Å²) in [5, 5.41) is 0. The molecule has 0 N–H and O–H groups in total. The molecule has 0 aliphatic carbocycles. The van der Waals surface area contributed by atoms with E-state index in [0.717, 1.165) is 38.6 Å². The first kappa shape index (κ1) is 14.3. The van der Waals surface area contributed by atoms with Crippen molar-refractivity contribution in [3.63, 3.8) is 0 Å². The van der Waals surface area contributed by atoms with Gasteiger partial charge in [0.15, 0.2) is 0 Å². The van der Waals surface area contributed by atoms with Gasteiger partial charge in [-0.15, -0.1) is 0 Å². The van der Waals surface area contributed by atoms with Gasteiger partial charge in [-0.2, -0.15) is 0 Å². The second-order valence-corrected chi connectivity index (χ2v) is 6.52. The lowest BCUT2D eigenvalue weighted by atomic mass is 10.00. The highest BCUT2D eigenvalue weighted by Crippen LogP contribution is 2.21. The highest BCUT2D eigenvalue weighted by atomic mass is 16.2. The fourth-order valence-corrected chi connectivity index (χ4v) is 3.83. The fourth-order valence-electron chi connectivity index (χ4n) is 3.83. The predicted octanol–water partition coefficient (Wildman–Crippen LogP) is 1.37. The van der Waals surface area contributed by atoms with Crippen molar-refractivity contribution in [1.29, 1.82) is 0 Å². The largest absolute Gasteiger partial charge is 0.341 e. The summed E-state index contributed by atoms with van der Waals surface area (Å²) in [5.74, 6) is 0.329. The molecule has 4 heteroatoms. The van der Waals surface area contributed by atoms with Crippen LogP contribution in [0.25, 0.3) is 0 Å². The first-order valence-electron chi connectivity index (χ1n) is 8.39. The first-order chi connectivity index (χ1) is 9.83. The highest BCUT2D eigenvalue weighted by Gasteiger charge is 2.27. The number of likely N-dealkylation sites (tertiary alicyclic amines) is 3. The number of carbonyl (C=O) groups excluding carboxylic acids is 1. The minimum atomic E-state index is 0.329. The van der Waals surface area contributed by atoms with Crippen molar-refractivity contribution in [3.8, 4) is 0 Å². The van der Waals surface area contributed by atoms with Crippen molar-refractivity contribution < 1.29 is 4.79 Å². The molecule has 0 aromatic rings. The standard InChI is InChI=1S/C16H28N3O/c20-16(19-10-4-5-11-19)14-17-12-6-15(7-13-17)18-8-2-1-3-9-18/h4,15H,1-3,5-14H2. The van der Waals surface area contributed by atoms with Crippen LogP contribution in [-0.2, 0) is 4.79 Å². The quantitative estimate of drug-likeness (QED) is 0.780. The zero-order valence-corrected chi connectivity index (χ0v) is 12.6. The maximum absolute atomic E-state index is 12.2. The molecule has 0 atom stereocenters. The van der Waals surface area contributed by atoms with Gasteiger partial charge in [-0.3, -0.25) is 9.69 Å². The molecule has 3 aliphatic heterocycles. The molecule has 113 valence electrons. The van der Waals surface area contributed by atoms with Crippen molar-refractivity contribution in [3.05, 3.63) is 6.42 Å². The summed E-state index contributed by atoms with van der Waals surface area (Å²) >= 11 is 0. The van der Waals surface area contributed by atoms with Gasteiger partial charge in [-0.1, -0.05) is 6.42 Å². The minimum Gasteiger partial charge on any atom is -0.341 e. The maximum Gasteiger partial charge on any atom is 0.236 e. The Kier molecular flexibility index (Phi) is 4.94. The van der Waals surface area contributed by atoms with Crippen LogP contribution >= 0.6 is 0 Å². The van der Waals surface area contributed by atoms with Crippen LogP contribution in [0.5, 0.6) is 0 Å². The summed E-state index contributed by atoms with van der Waals surface area (Å²) in [6.07, 6.45) is 9.95. The van der Waals surface area contributed by atoms with E-state index in [9.17, 15) is 4.79 Å². The van der Waals surface area contributed by atoms with E-state index in [4.69, 9.17) is 0 Å². The van der Waals surface area contributed by atoms with Crippen molar-refractivity contribution in [1.82, 2.24) is 14.7 Å². The third-order valence-corrected chi connectivity index (χ3v) is 5.13. The summed E-state index contributed by atoms with van der Waals surface area (Å²) in [6, 6.07) is 0.779. The van der Waals surface area contributed by atoms with Gasteiger partial charge >= 0.3 is 0 Å². The van der Waals surface area contributed by atoms with E-state index < -0.39 is 0 Å². The van der Waals surface area contributed by atoms with Gasteiger partial charge in [0.25, 0.3) is 0 Å². The molecule has 20 heavy (non-hydrogen) atoms. The molecular formula is C16H28N3O. The van der Waals surface area contributed by atoms with Crippen LogP contribution in [0.3, 0.4) is 0 Å². The lowest BCUT2D eigenvalue weighted by Crippen LogP contribution is -2.49. The van der Waals surface area contributed by atoms with E-state index in [1.165, 1.54) is 45.2 Å². The molecule has 3 fully saturated rings. The van der Waals surface area contributed by atoms with E-state index in [-0.39, 0.29) is 0 Å². The molecule has 0 bridgehead atoms. The molecule has 0 spiro atoms. The van der Waals surface area contributed by atoms with Crippen molar-refractivity contribution in [2.75, 3.05) is 45.8 Å². The van der Waals surface area contributed by atoms with Gasteiger partial charge in [0, 0.05) is 32.2 Å². The summed E-state index contributed by atoms with van der Waals surface area (Å²) in [5.41, 5.74) is 0. The molecule has 3 saturated heterocycles. The molecular weight excluding hydrogens is 250 g/mol. The number of nitrogens with zero attached hydrogens (tertiary/aromatic N) is 3. The van der Waals surface area contributed by atoms with E-state index in [0.29, 0.717) is 12.5 Å². The molecule has 3 aliphatic rings. The Balaban J connectivity index is 1.40. The Morgan fingerprint density at radius 2 is 1.75 bits per heavy atom. The fraction of sp³-hybridized carbons (Fsp3) is 0.875. The zero-order valence-electron chi connectivity index (χ0n) is 12.6. The van der Waals surface area contributed by atoms with Crippen molar-refractivity contribution in [2.45, 2.75) is 44.6 Å². The van der Waals surface area contributed by atoms with Crippen LogP contribution in [0.1, 0.15) is 38.5 Å². The van der Waals surface area contributed by atoms with E-state index in [1.54, 1.807) is 0 Å². The van der Waals surface area contributed by atoms with Crippen LogP contribution in [0.4, 0.5) is 0 Å². The molecule has 3 rings (SSSR count). The third kappa shape index (κ3) is 3.53. The van der Waals surface area contributed by atoms with Gasteiger partial charge in [0.1, 0.15) is 0 Å². The zero-order chi connectivity index (χ0) is 13.8. The topological polar surface area (TPSA) is 26.8 Å². The SMILES string of the molecule is O=C(CN1CCC(N2CCCCC2)CC1)N1C[CH]CC1. The Morgan fingerprint density at radius 1 is 1.00 bits per heavy atom. The molecule has 0 unspecified atom stereocenters. The van der Waals surface area contributed by atoms with Crippen molar-refractivity contribution in [2.24, 2.45) is 0 Å². The van der Waals surface area contributed by atoms with E-state index >= 15 is 0 Å².